The molecular formula is C48H32BN3. The fourth-order valence-electron chi connectivity index (χ4n) is 8.78. The molecule has 3 heterocycles. The summed E-state index contributed by atoms with van der Waals surface area (Å²) in [5.41, 5.74) is 17.1. The Balaban J connectivity index is 1.27. The summed E-state index contributed by atoms with van der Waals surface area (Å²) in [6.45, 7) is -0.0459. The number of aromatic nitrogens is 1. The van der Waals surface area contributed by atoms with Gasteiger partial charge in [-0.15, -0.1) is 0 Å². The summed E-state index contributed by atoms with van der Waals surface area (Å²) >= 11 is 0. The maximum absolute atomic E-state index is 2.63. The van der Waals surface area contributed by atoms with Crippen LogP contribution in [0.15, 0.2) is 194 Å². The highest BCUT2D eigenvalue weighted by Gasteiger charge is 2.43. The van der Waals surface area contributed by atoms with Crippen LogP contribution in [0.4, 0.5) is 34.1 Å². The van der Waals surface area contributed by atoms with Crippen molar-refractivity contribution >= 4 is 73.7 Å². The maximum Gasteiger partial charge on any atom is 0.333 e. The molecule has 3 nitrogen and oxygen atoms in total. The van der Waals surface area contributed by atoms with Crippen LogP contribution in [-0.2, 0) is 0 Å². The summed E-state index contributed by atoms with van der Waals surface area (Å²) in [6.07, 6.45) is 0. The first-order chi connectivity index (χ1) is 25.8. The molecule has 0 aliphatic carbocycles. The second-order valence-corrected chi connectivity index (χ2v) is 13.7. The number of hydrogen-bond acceptors (Lipinski definition) is 2. The van der Waals surface area contributed by atoms with Crippen LogP contribution >= 0.6 is 0 Å². The minimum absolute atomic E-state index is 0.0459. The Morgan fingerprint density at radius 3 is 1.79 bits per heavy atom. The Labute approximate surface area is 303 Å². The molecule has 4 heteroatoms. The molecule has 0 bridgehead atoms. The van der Waals surface area contributed by atoms with Gasteiger partial charge in [-0.3, -0.25) is 0 Å². The third kappa shape index (κ3) is 4.21. The smallest absolute Gasteiger partial charge is 0.333 e. The van der Waals surface area contributed by atoms with E-state index in [9.17, 15) is 0 Å². The summed E-state index contributed by atoms with van der Waals surface area (Å²) in [5, 5.41) is 2.58. The van der Waals surface area contributed by atoms with E-state index in [1.807, 2.05) is 0 Å². The molecule has 52 heavy (non-hydrogen) atoms. The minimum Gasteiger partial charge on any atom is -0.375 e. The van der Waals surface area contributed by atoms with Crippen molar-refractivity contribution in [3.8, 4) is 22.3 Å². The van der Waals surface area contributed by atoms with Gasteiger partial charge in [0.05, 0.1) is 0 Å². The van der Waals surface area contributed by atoms with Crippen LogP contribution in [0.5, 0.6) is 0 Å². The van der Waals surface area contributed by atoms with Crippen LogP contribution < -0.4 is 20.7 Å². The van der Waals surface area contributed by atoms with E-state index < -0.39 is 0 Å². The number of fused-ring (bicyclic) bond motifs is 7. The van der Waals surface area contributed by atoms with Gasteiger partial charge in [0.15, 0.2) is 0 Å². The largest absolute Gasteiger partial charge is 0.375 e. The monoisotopic (exact) mass is 661 g/mol. The molecule has 0 fully saturated rings. The van der Waals surface area contributed by atoms with Gasteiger partial charge in [0, 0.05) is 61.5 Å². The highest BCUT2D eigenvalue weighted by Crippen LogP contribution is 2.47. The summed E-state index contributed by atoms with van der Waals surface area (Å²) in [5.74, 6) is 0. The number of benzene rings is 8. The van der Waals surface area contributed by atoms with Crippen molar-refractivity contribution in [2.75, 3.05) is 9.80 Å². The Bertz CT molecular complexity index is 2750. The van der Waals surface area contributed by atoms with Gasteiger partial charge in [0.1, 0.15) is 0 Å². The van der Waals surface area contributed by atoms with E-state index in [-0.39, 0.29) is 6.85 Å². The molecule has 9 aromatic rings. The van der Waals surface area contributed by atoms with E-state index in [0.29, 0.717) is 0 Å². The number of nitrogens with zero attached hydrogens (tertiary/aromatic N) is 3. The van der Waals surface area contributed by atoms with Crippen LogP contribution in [0.25, 0.3) is 44.1 Å². The minimum atomic E-state index is -0.0459. The summed E-state index contributed by atoms with van der Waals surface area (Å²) in [7, 11) is 0. The lowest BCUT2D eigenvalue weighted by molar-refractivity contribution is 1.24. The molecule has 0 spiro atoms. The van der Waals surface area contributed by atoms with Gasteiger partial charge in [0.25, 0.3) is 0 Å². The molecule has 2 aliphatic rings. The van der Waals surface area contributed by atoms with Crippen LogP contribution in [0.3, 0.4) is 0 Å². The second-order valence-electron chi connectivity index (χ2n) is 13.7. The molecule has 0 N–H and O–H groups in total. The van der Waals surface area contributed by atoms with E-state index in [0.717, 1.165) is 22.7 Å². The normalized spacial score (nSPS) is 12.5. The van der Waals surface area contributed by atoms with Crippen molar-refractivity contribution in [1.29, 1.82) is 0 Å². The molecule has 1 aromatic heterocycles. The average Bonchev–Trinajstić information content (AvgIpc) is 3.55. The van der Waals surface area contributed by atoms with E-state index >= 15 is 0 Å². The van der Waals surface area contributed by atoms with Gasteiger partial charge in [-0.25, -0.2) is 0 Å². The zero-order chi connectivity index (χ0) is 34.2. The molecule has 2 aliphatic heterocycles. The Morgan fingerprint density at radius 2 is 1.06 bits per heavy atom. The highest BCUT2D eigenvalue weighted by molar-refractivity contribution is 6.90. The van der Waals surface area contributed by atoms with Gasteiger partial charge in [0.2, 0.25) is 0 Å². The second kappa shape index (κ2) is 11.4. The van der Waals surface area contributed by atoms with Crippen LogP contribution in [0, 0.1) is 0 Å². The van der Waals surface area contributed by atoms with Gasteiger partial charge < -0.3 is 14.3 Å². The van der Waals surface area contributed by atoms with E-state index in [1.54, 1.807) is 0 Å². The van der Waals surface area contributed by atoms with Crippen LogP contribution in [-0.4, -0.2) is 11.3 Å². The molecule has 11 rings (SSSR count). The van der Waals surface area contributed by atoms with Gasteiger partial charge in [-0.2, -0.15) is 0 Å². The Morgan fingerprint density at radius 1 is 0.423 bits per heavy atom. The molecule has 0 unspecified atom stereocenters. The molecule has 0 atom stereocenters. The fraction of sp³-hybridized carbons (Fsp3) is 0. The summed E-state index contributed by atoms with van der Waals surface area (Å²) in [4.78, 5) is 4.87. The van der Waals surface area contributed by atoms with E-state index in [4.69, 9.17) is 0 Å². The molecule has 0 saturated heterocycles. The van der Waals surface area contributed by atoms with Crippen molar-refractivity contribution in [2.45, 2.75) is 0 Å². The van der Waals surface area contributed by atoms with Crippen LogP contribution in [0.1, 0.15) is 0 Å². The topological polar surface area (TPSA) is 11.4 Å². The number of para-hydroxylation sites is 5. The maximum atomic E-state index is 2.63. The first-order valence-corrected chi connectivity index (χ1v) is 18.0. The number of hydrogen-bond donors (Lipinski definition) is 0. The van der Waals surface area contributed by atoms with Crippen molar-refractivity contribution in [3.63, 3.8) is 0 Å². The standard InChI is InChI=1S/C48H32BN3/c1-5-16-33(17-6-1)34-30-42-41-26-15-25-40-39-24-13-14-27-44(39)52(48(40)41)49-43-32-38(50(35-18-7-2-8-19-35)36-20-9-3-10-21-36)28-29-45(43)51(46(31-34)47(42)49)37-22-11-4-12-23-37/h1-32H. The Hall–Kier alpha value is -6.78. The Kier molecular flexibility index (Phi) is 6.35. The lowest BCUT2D eigenvalue weighted by atomic mass is 9.45. The molecule has 0 saturated carbocycles. The molecule has 0 radical (unpaired) electrons. The third-order valence-electron chi connectivity index (χ3n) is 10.9. The average molecular weight is 662 g/mol. The van der Waals surface area contributed by atoms with Gasteiger partial charge >= 0.3 is 6.85 Å². The first-order valence-electron chi connectivity index (χ1n) is 18.0. The van der Waals surface area contributed by atoms with Gasteiger partial charge in [-0.1, -0.05) is 121 Å². The fourth-order valence-corrected chi connectivity index (χ4v) is 8.78. The number of anilines is 6. The zero-order valence-corrected chi connectivity index (χ0v) is 28.4. The van der Waals surface area contributed by atoms with Crippen molar-refractivity contribution in [1.82, 2.24) is 4.48 Å². The molecular weight excluding hydrogens is 629 g/mol. The molecule has 242 valence electrons. The SMILES string of the molecule is c1ccc(-c2cc3c4c(c2)N(c2ccccc2)c2ccc(N(c5ccccc5)c5ccccc5)cc2B4n2c4ccccc4c4cccc-3c42)cc1. The van der Waals surface area contributed by atoms with Crippen molar-refractivity contribution in [3.05, 3.63) is 194 Å². The first kappa shape index (κ1) is 29.0. The predicted octanol–water partition coefficient (Wildman–Crippen LogP) is 11.3. The van der Waals surface area contributed by atoms with Gasteiger partial charge in [-0.05, 0) is 100 Å². The summed E-state index contributed by atoms with van der Waals surface area (Å²) < 4.78 is 2.63. The lowest BCUT2D eigenvalue weighted by Gasteiger charge is -2.41. The molecule has 8 aromatic carbocycles. The van der Waals surface area contributed by atoms with Crippen molar-refractivity contribution in [2.24, 2.45) is 0 Å². The quantitative estimate of drug-likeness (QED) is 0.170. The predicted molar refractivity (Wildman–Crippen MR) is 220 cm³/mol. The lowest BCUT2D eigenvalue weighted by Crippen LogP contribution is -2.56. The van der Waals surface area contributed by atoms with Crippen molar-refractivity contribution < 1.29 is 0 Å². The van der Waals surface area contributed by atoms with Crippen LogP contribution in [0.2, 0.25) is 0 Å². The van der Waals surface area contributed by atoms with E-state index in [1.165, 1.54) is 66.4 Å². The molecule has 0 amide bonds. The number of rotatable bonds is 5. The third-order valence-corrected chi connectivity index (χ3v) is 10.9. The highest BCUT2D eigenvalue weighted by atomic mass is 15.2. The zero-order valence-electron chi connectivity index (χ0n) is 28.4. The van der Waals surface area contributed by atoms with E-state index in [2.05, 4.69) is 208 Å². The summed E-state index contributed by atoms with van der Waals surface area (Å²) in [6, 6.07) is 70.9.